The third-order valence-electron chi connectivity index (χ3n) is 4.26. The van der Waals surface area contributed by atoms with Gasteiger partial charge in [-0.2, -0.15) is 13.2 Å². The SMILES string of the molecule is CC(=O)N1CCc2cc(NC(=O)Cc3cccc(C(F)(F)F)c3)ccc21. The van der Waals surface area contributed by atoms with Gasteiger partial charge in [-0.1, -0.05) is 18.2 Å². The summed E-state index contributed by atoms with van der Waals surface area (Å²) in [5.74, 6) is -0.434. The van der Waals surface area contributed by atoms with E-state index in [2.05, 4.69) is 5.32 Å². The fourth-order valence-electron chi connectivity index (χ4n) is 3.05. The average molecular weight is 362 g/mol. The summed E-state index contributed by atoms with van der Waals surface area (Å²) < 4.78 is 38.2. The van der Waals surface area contributed by atoms with Crippen LogP contribution in [0.3, 0.4) is 0 Å². The largest absolute Gasteiger partial charge is 0.416 e. The summed E-state index contributed by atoms with van der Waals surface area (Å²) in [5.41, 5.74) is 1.86. The minimum Gasteiger partial charge on any atom is -0.326 e. The first-order chi connectivity index (χ1) is 12.2. The van der Waals surface area contributed by atoms with Crippen molar-refractivity contribution in [3.05, 3.63) is 59.2 Å². The zero-order chi connectivity index (χ0) is 18.9. The average Bonchev–Trinajstić information content (AvgIpc) is 2.97. The van der Waals surface area contributed by atoms with Crippen molar-refractivity contribution in [3.63, 3.8) is 0 Å². The summed E-state index contributed by atoms with van der Waals surface area (Å²) >= 11 is 0. The monoisotopic (exact) mass is 362 g/mol. The maximum absolute atomic E-state index is 12.7. The van der Waals surface area contributed by atoms with Gasteiger partial charge >= 0.3 is 6.18 Å². The Hall–Kier alpha value is -2.83. The smallest absolute Gasteiger partial charge is 0.326 e. The van der Waals surface area contributed by atoms with E-state index in [1.54, 1.807) is 23.1 Å². The Balaban J connectivity index is 1.69. The van der Waals surface area contributed by atoms with E-state index < -0.39 is 17.6 Å². The van der Waals surface area contributed by atoms with Gasteiger partial charge in [0.2, 0.25) is 11.8 Å². The number of halogens is 3. The van der Waals surface area contributed by atoms with Crippen molar-refractivity contribution in [1.29, 1.82) is 0 Å². The molecular formula is C19H17F3N2O2. The molecule has 0 atom stereocenters. The Labute approximate surface area is 148 Å². The van der Waals surface area contributed by atoms with Crippen LogP contribution in [0.15, 0.2) is 42.5 Å². The molecule has 4 nitrogen and oxygen atoms in total. The zero-order valence-corrected chi connectivity index (χ0v) is 14.1. The Morgan fingerprint density at radius 2 is 1.92 bits per heavy atom. The van der Waals surface area contributed by atoms with Crippen LogP contribution in [0.25, 0.3) is 0 Å². The third-order valence-corrected chi connectivity index (χ3v) is 4.26. The van der Waals surface area contributed by atoms with E-state index in [1.165, 1.54) is 19.1 Å². The number of benzene rings is 2. The molecule has 0 spiro atoms. The van der Waals surface area contributed by atoms with Crippen LogP contribution >= 0.6 is 0 Å². The quantitative estimate of drug-likeness (QED) is 0.903. The molecule has 0 fully saturated rings. The molecule has 0 radical (unpaired) electrons. The lowest BCUT2D eigenvalue weighted by atomic mass is 10.1. The number of hydrogen-bond acceptors (Lipinski definition) is 2. The van der Waals surface area contributed by atoms with Crippen LogP contribution in [0.5, 0.6) is 0 Å². The number of nitrogens with zero attached hydrogens (tertiary/aromatic N) is 1. The first-order valence-electron chi connectivity index (χ1n) is 8.11. The molecule has 1 heterocycles. The Morgan fingerprint density at radius 1 is 1.15 bits per heavy atom. The van der Waals surface area contributed by atoms with Crippen molar-refractivity contribution < 1.29 is 22.8 Å². The van der Waals surface area contributed by atoms with Crippen molar-refractivity contribution in [2.75, 3.05) is 16.8 Å². The van der Waals surface area contributed by atoms with Crippen molar-refractivity contribution in [2.45, 2.75) is 25.9 Å². The molecule has 2 aromatic rings. The number of anilines is 2. The van der Waals surface area contributed by atoms with Crippen LogP contribution in [0.2, 0.25) is 0 Å². The van der Waals surface area contributed by atoms with Gasteiger partial charge in [-0.25, -0.2) is 0 Å². The number of amides is 2. The summed E-state index contributed by atoms with van der Waals surface area (Å²) in [4.78, 5) is 25.4. The summed E-state index contributed by atoms with van der Waals surface area (Å²) in [6.45, 7) is 2.10. The highest BCUT2D eigenvalue weighted by Gasteiger charge is 2.30. The molecule has 3 rings (SSSR count). The van der Waals surface area contributed by atoms with Gasteiger partial charge in [-0.15, -0.1) is 0 Å². The lowest BCUT2D eigenvalue weighted by Crippen LogP contribution is -2.25. The minimum atomic E-state index is -4.44. The molecule has 0 bridgehead atoms. The van der Waals surface area contributed by atoms with Gasteiger partial charge in [-0.05, 0) is 41.8 Å². The topological polar surface area (TPSA) is 49.4 Å². The molecule has 26 heavy (non-hydrogen) atoms. The molecule has 2 amide bonds. The van der Waals surface area contributed by atoms with Gasteiger partial charge < -0.3 is 10.2 Å². The Kier molecular flexibility index (Phi) is 4.71. The number of alkyl halides is 3. The van der Waals surface area contributed by atoms with Crippen LogP contribution in [-0.4, -0.2) is 18.4 Å². The van der Waals surface area contributed by atoms with Gasteiger partial charge in [0.1, 0.15) is 0 Å². The number of carbonyl (C=O) groups excluding carboxylic acids is 2. The van der Waals surface area contributed by atoms with E-state index in [4.69, 9.17) is 0 Å². The normalized spacial score (nSPS) is 13.5. The predicted octanol–water partition coefficient (Wildman–Crippen LogP) is 3.80. The molecular weight excluding hydrogens is 345 g/mol. The second-order valence-electron chi connectivity index (χ2n) is 6.19. The first-order valence-corrected chi connectivity index (χ1v) is 8.11. The van der Waals surface area contributed by atoms with Gasteiger partial charge in [0.05, 0.1) is 12.0 Å². The number of hydrogen-bond donors (Lipinski definition) is 1. The van der Waals surface area contributed by atoms with Crippen molar-refractivity contribution in [3.8, 4) is 0 Å². The molecule has 1 aliphatic heterocycles. The third kappa shape index (κ3) is 3.87. The second-order valence-corrected chi connectivity index (χ2v) is 6.19. The molecule has 0 aromatic heterocycles. The number of fused-ring (bicyclic) bond motifs is 1. The van der Waals surface area contributed by atoms with Crippen LogP contribution in [0, 0.1) is 0 Å². The molecule has 0 aliphatic carbocycles. The fourth-order valence-corrected chi connectivity index (χ4v) is 3.05. The van der Waals surface area contributed by atoms with E-state index in [1.807, 2.05) is 0 Å². The summed E-state index contributed by atoms with van der Waals surface area (Å²) in [6.07, 6.45) is -3.89. The van der Waals surface area contributed by atoms with Crippen LogP contribution < -0.4 is 10.2 Å². The Bertz CT molecular complexity index is 862. The van der Waals surface area contributed by atoms with Crippen molar-refractivity contribution in [1.82, 2.24) is 0 Å². The summed E-state index contributed by atoms with van der Waals surface area (Å²) in [6, 6.07) is 9.98. The van der Waals surface area contributed by atoms with Gasteiger partial charge in [0.15, 0.2) is 0 Å². The molecule has 0 saturated carbocycles. The summed E-state index contributed by atoms with van der Waals surface area (Å²) in [5, 5.41) is 2.70. The Morgan fingerprint density at radius 3 is 2.62 bits per heavy atom. The number of carbonyl (C=O) groups is 2. The fraction of sp³-hybridized carbons (Fsp3) is 0.263. The minimum absolute atomic E-state index is 0.0370. The van der Waals surface area contributed by atoms with Crippen LogP contribution in [0.1, 0.15) is 23.6 Å². The first kappa shape index (κ1) is 18.0. The van der Waals surface area contributed by atoms with E-state index in [9.17, 15) is 22.8 Å². The van der Waals surface area contributed by atoms with Crippen molar-refractivity contribution in [2.24, 2.45) is 0 Å². The molecule has 0 saturated heterocycles. The maximum Gasteiger partial charge on any atom is 0.416 e. The highest BCUT2D eigenvalue weighted by Crippen LogP contribution is 2.31. The van der Waals surface area contributed by atoms with E-state index in [-0.39, 0.29) is 12.3 Å². The molecule has 1 N–H and O–H groups in total. The predicted molar refractivity (Wildman–Crippen MR) is 92.0 cm³/mol. The highest BCUT2D eigenvalue weighted by molar-refractivity contribution is 5.96. The molecule has 1 aliphatic rings. The lowest BCUT2D eigenvalue weighted by Gasteiger charge is -2.15. The van der Waals surface area contributed by atoms with Gasteiger partial charge in [0.25, 0.3) is 0 Å². The van der Waals surface area contributed by atoms with Gasteiger partial charge in [-0.3, -0.25) is 9.59 Å². The standard InChI is InChI=1S/C19H17F3N2O2/c1-12(25)24-8-7-14-11-16(5-6-17(14)24)23-18(26)10-13-3-2-4-15(9-13)19(20,21)22/h2-6,9,11H,7-8,10H2,1H3,(H,23,26). The van der Waals surface area contributed by atoms with Crippen LogP contribution in [0.4, 0.5) is 24.5 Å². The molecule has 2 aromatic carbocycles. The van der Waals surface area contributed by atoms with Gasteiger partial charge in [0, 0.05) is 24.8 Å². The zero-order valence-electron chi connectivity index (χ0n) is 14.1. The van der Waals surface area contributed by atoms with E-state index in [0.29, 0.717) is 24.2 Å². The van der Waals surface area contributed by atoms with Crippen LogP contribution in [-0.2, 0) is 28.6 Å². The lowest BCUT2D eigenvalue weighted by molar-refractivity contribution is -0.137. The molecule has 7 heteroatoms. The van der Waals surface area contributed by atoms with E-state index >= 15 is 0 Å². The maximum atomic E-state index is 12.7. The van der Waals surface area contributed by atoms with E-state index in [0.717, 1.165) is 23.4 Å². The number of nitrogens with one attached hydrogen (secondary N) is 1. The second kappa shape index (κ2) is 6.82. The summed E-state index contributed by atoms with van der Waals surface area (Å²) in [7, 11) is 0. The van der Waals surface area contributed by atoms with Crippen molar-refractivity contribution >= 4 is 23.2 Å². The highest BCUT2D eigenvalue weighted by atomic mass is 19.4. The number of rotatable bonds is 3. The molecule has 136 valence electrons. The molecule has 0 unspecified atom stereocenters.